The summed E-state index contributed by atoms with van der Waals surface area (Å²) in [4.78, 5) is 28.7. The molecule has 1 aliphatic heterocycles. The van der Waals surface area contributed by atoms with Crippen molar-refractivity contribution in [2.45, 2.75) is 32.9 Å². The van der Waals surface area contributed by atoms with Crippen LogP contribution in [-0.4, -0.2) is 53.3 Å². The number of amides is 2. The van der Waals surface area contributed by atoms with Gasteiger partial charge in [0.1, 0.15) is 0 Å². The zero-order valence-corrected chi connectivity index (χ0v) is 18.0. The molecule has 31 heavy (non-hydrogen) atoms. The number of piperazine rings is 1. The summed E-state index contributed by atoms with van der Waals surface area (Å²) in [7, 11) is 0. The molecule has 0 spiro atoms. The minimum Gasteiger partial charge on any atom is -0.396 e. The van der Waals surface area contributed by atoms with Gasteiger partial charge < -0.3 is 16.0 Å². The molecule has 0 saturated carbocycles. The maximum absolute atomic E-state index is 14.1. The van der Waals surface area contributed by atoms with Gasteiger partial charge in [0.25, 0.3) is 11.8 Å². The molecule has 0 atom stereocenters. The number of hydrogen-bond donors (Lipinski definition) is 2. The number of nitrogen functional groups attached to an aromatic ring is 1. The Bertz CT molecular complexity index is 980. The number of halogens is 2. The molecule has 0 aliphatic carbocycles. The SMILES string of the molecule is CC(C)(C)NC(=O)c1cccc(CN2CCN(C(=O)c3ccc(N)c(F)c3F)CC2)c1. The van der Waals surface area contributed by atoms with Gasteiger partial charge in [0.2, 0.25) is 0 Å². The first-order valence-electron chi connectivity index (χ1n) is 10.2. The van der Waals surface area contributed by atoms with Crippen LogP contribution in [0.25, 0.3) is 0 Å². The van der Waals surface area contributed by atoms with Gasteiger partial charge in [0.15, 0.2) is 11.6 Å². The predicted octanol–water partition coefficient (Wildman–Crippen LogP) is 3.03. The zero-order chi connectivity index (χ0) is 22.8. The second kappa shape index (κ2) is 9.01. The van der Waals surface area contributed by atoms with Crippen LogP contribution in [-0.2, 0) is 6.54 Å². The average molecular weight is 430 g/mol. The highest BCUT2D eigenvalue weighted by Crippen LogP contribution is 2.20. The molecule has 166 valence electrons. The number of nitrogens with zero attached hydrogens (tertiary/aromatic N) is 2. The first kappa shape index (κ1) is 22.7. The number of anilines is 1. The lowest BCUT2D eigenvalue weighted by Gasteiger charge is -2.35. The standard InChI is InChI=1S/C23H28F2N4O2/c1-23(2,3)27-21(30)16-6-4-5-15(13-16)14-28-9-11-29(12-10-28)22(31)17-7-8-18(26)20(25)19(17)24/h4-8,13H,9-12,14,26H2,1-3H3,(H,27,30). The number of rotatable bonds is 4. The molecule has 0 radical (unpaired) electrons. The van der Waals surface area contributed by atoms with Crippen LogP contribution in [0.4, 0.5) is 14.5 Å². The summed E-state index contributed by atoms with van der Waals surface area (Å²) in [6.45, 7) is 8.39. The monoisotopic (exact) mass is 430 g/mol. The maximum atomic E-state index is 14.1. The van der Waals surface area contributed by atoms with E-state index >= 15 is 0 Å². The van der Waals surface area contributed by atoms with Crippen LogP contribution >= 0.6 is 0 Å². The van der Waals surface area contributed by atoms with E-state index < -0.39 is 17.5 Å². The van der Waals surface area contributed by atoms with E-state index in [4.69, 9.17) is 5.73 Å². The molecule has 0 unspecified atom stereocenters. The molecule has 1 heterocycles. The summed E-state index contributed by atoms with van der Waals surface area (Å²) in [5, 5.41) is 2.95. The molecular formula is C23H28F2N4O2. The predicted molar refractivity (Wildman–Crippen MR) is 116 cm³/mol. The van der Waals surface area contributed by atoms with Crippen molar-refractivity contribution in [2.75, 3.05) is 31.9 Å². The van der Waals surface area contributed by atoms with E-state index in [2.05, 4.69) is 10.2 Å². The first-order chi connectivity index (χ1) is 14.5. The van der Waals surface area contributed by atoms with E-state index in [0.717, 1.165) is 5.56 Å². The topological polar surface area (TPSA) is 78.7 Å². The second-order valence-electron chi connectivity index (χ2n) is 8.80. The molecule has 1 saturated heterocycles. The van der Waals surface area contributed by atoms with Gasteiger partial charge in [-0.1, -0.05) is 12.1 Å². The summed E-state index contributed by atoms with van der Waals surface area (Å²) < 4.78 is 27.8. The number of nitrogens with one attached hydrogen (secondary N) is 1. The number of nitrogens with two attached hydrogens (primary N) is 1. The van der Waals surface area contributed by atoms with Crippen molar-refractivity contribution in [2.24, 2.45) is 0 Å². The van der Waals surface area contributed by atoms with E-state index in [1.807, 2.05) is 39.0 Å². The van der Waals surface area contributed by atoms with Crippen molar-refractivity contribution < 1.29 is 18.4 Å². The van der Waals surface area contributed by atoms with Gasteiger partial charge in [-0.05, 0) is 50.6 Å². The average Bonchev–Trinajstić information content (AvgIpc) is 2.71. The Hall–Kier alpha value is -3.00. The van der Waals surface area contributed by atoms with E-state index in [9.17, 15) is 18.4 Å². The zero-order valence-electron chi connectivity index (χ0n) is 18.0. The highest BCUT2D eigenvalue weighted by Gasteiger charge is 2.26. The van der Waals surface area contributed by atoms with E-state index in [1.54, 1.807) is 6.07 Å². The van der Waals surface area contributed by atoms with Gasteiger partial charge in [0.05, 0.1) is 11.3 Å². The van der Waals surface area contributed by atoms with Gasteiger partial charge in [-0.3, -0.25) is 14.5 Å². The molecule has 3 N–H and O–H groups in total. The highest BCUT2D eigenvalue weighted by molar-refractivity contribution is 5.95. The minimum absolute atomic E-state index is 0.123. The Morgan fingerprint density at radius 2 is 1.71 bits per heavy atom. The quantitative estimate of drug-likeness (QED) is 0.731. The van der Waals surface area contributed by atoms with Crippen molar-refractivity contribution in [3.8, 4) is 0 Å². The third-order valence-electron chi connectivity index (χ3n) is 5.09. The summed E-state index contributed by atoms with van der Waals surface area (Å²) in [5.74, 6) is -3.07. The van der Waals surface area contributed by atoms with E-state index in [0.29, 0.717) is 38.3 Å². The lowest BCUT2D eigenvalue weighted by atomic mass is 10.1. The van der Waals surface area contributed by atoms with Gasteiger partial charge in [0, 0.05) is 43.8 Å². The number of carbonyl (C=O) groups is 2. The van der Waals surface area contributed by atoms with Crippen LogP contribution < -0.4 is 11.1 Å². The van der Waals surface area contributed by atoms with Crippen LogP contribution in [0.5, 0.6) is 0 Å². The van der Waals surface area contributed by atoms with Crippen molar-refractivity contribution in [1.29, 1.82) is 0 Å². The van der Waals surface area contributed by atoms with Crippen molar-refractivity contribution >= 4 is 17.5 Å². The maximum Gasteiger partial charge on any atom is 0.257 e. The van der Waals surface area contributed by atoms with Crippen LogP contribution in [0.2, 0.25) is 0 Å². The molecule has 6 nitrogen and oxygen atoms in total. The normalized spacial score (nSPS) is 15.1. The van der Waals surface area contributed by atoms with Crippen LogP contribution in [0, 0.1) is 11.6 Å². The molecule has 2 aromatic carbocycles. The van der Waals surface area contributed by atoms with Gasteiger partial charge in [-0.2, -0.15) is 0 Å². The minimum atomic E-state index is -1.21. The molecule has 0 aromatic heterocycles. The number of benzene rings is 2. The molecule has 2 aromatic rings. The molecule has 8 heteroatoms. The molecular weight excluding hydrogens is 402 g/mol. The Kier molecular flexibility index (Phi) is 6.59. The van der Waals surface area contributed by atoms with Crippen molar-refractivity contribution in [3.63, 3.8) is 0 Å². The molecule has 3 rings (SSSR count). The molecule has 0 bridgehead atoms. The van der Waals surface area contributed by atoms with Crippen LogP contribution in [0.1, 0.15) is 47.1 Å². The van der Waals surface area contributed by atoms with Gasteiger partial charge in [-0.15, -0.1) is 0 Å². The fraction of sp³-hybridized carbons (Fsp3) is 0.391. The Morgan fingerprint density at radius 3 is 2.35 bits per heavy atom. The lowest BCUT2D eigenvalue weighted by Crippen LogP contribution is -2.48. The van der Waals surface area contributed by atoms with Crippen LogP contribution in [0.15, 0.2) is 36.4 Å². The van der Waals surface area contributed by atoms with E-state index in [-0.39, 0.29) is 22.7 Å². The van der Waals surface area contributed by atoms with Crippen LogP contribution in [0.3, 0.4) is 0 Å². The number of carbonyl (C=O) groups excluding carboxylic acids is 2. The lowest BCUT2D eigenvalue weighted by molar-refractivity contribution is 0.0622. The number of hydrogen-bond acceptors (Lipinski definition) is 4. The van der Waals surface area contributed by atoms with Crippen molar-refractivity contribution in [3.05, 3.63) is 64.7 Å². The van der Waals surface area contributed by atoms with Crippen molar-refractivity contribution in [1.82, 2.24) is 15.1 Å². The second-order valence-corrected chi connectivity index (χ2v) is 8.80. The smallest absolute Gasteiger partial charge is 0.257 e. The van der Waals surface area contributed by atoms with Gasteiger partial charge >= 0.3 is 0 Å². The summed E-state index contributed by atoms with van der Waals surface area (Å²) in [5.41, 5.74) is 5.99. The molecule has 1 aliphatic rings. The third-order valence-corrected chi connectivity index (χ3v) is 5.09. The fourth-order valence-corrected chi connectivity index (χ4v) is 3.49. The third kappa shape index (κ3) is 5.58. The molecule has 1 fully saturated rings. The largest absolute Gasteiger partial charge is 0.396 e. The summed E-state index contributed by atoms with van der Waals surface area (Å²) in [6.07, 6.45) is 0. The fourth-order valence-electron chi connectivity index (χ4n) is 3.49. The van der Waals surface area contributed by atoms with E-state index in [1.165, 1.54) is 17.0 Å². The highest BCUT2D eigenvalue weighted by atomic mass is 19.2. The first-order valence-corrected chi connectivity index (χ1v) is 10.2. The molecule has 2 amide bonds. The van der Waals surface area contributed by atoms with Gasteiger partial charge in [-0.25, -0.2) is 8.78 Å². The summed E-state index contributed by atoms with van der Waals surface area (Å²) in [6, 6.07) is 9.87. The Balaban J connectivity index is 1.60. The Labute approximate surface area is 181 Å². The summed E-state index contributed by atoms with van der Waals surface area (Å²) >= 11 is 0. The Morgan fingerprint density at radius 1 is 1.03 bits per heavy atom.